The Morgan fingerprint density at radius 1 is 1.32 bits per heavy atom. The van der Waals surface area contributed by atoms with E-state index < -0.39 is 18.1 Å². The molecule has 5 nitrogen and oxygen atoms in total. The van der Waals surface area contributed by atoms with Gasteiger partial charge >= 0.3 is 5.97 Å². The van der Waals surface area contributed by atoms with Crippen molar-refractivity contribution in [3.05, 3.63) is 35.9 Å². The summed E-state index contributed by atoms with van der Waals surface area (Å²) in [6.07, 6.45) is -0.711. The molecule has 1 heterocycles. The molecule has 0 aromatic heterocycles. The number of hydrogen-bond acceptors (Lipinski definition) is 4. The lowest BCUT2D eigenvalue weighted by molar-refractivity contribution is -0.146. The molecule has 0 bridgehead atoms. The first-order valence-electron chi connectivity index (χ1n) is 6.18. The van der Waals surface area contributed by atoms with Crippen LogP contribution in [-0.2, 0) is 9.53 Å². The molecule has 0 spiro atoms. The van der Waals surface area contributed by atoms with E-state index in [-0.39, 0.29) is 18.4 Å². The third kappa shape index (κ3) is 2.46. The number of likely N-dealkylation sites (tertiary alicyclic amines) is 1. The first kappa shape index (κ1) is 13.5. The van der Waals surface area contributed by atoms with Crippen LogP contribution in [0.4, 0.5) is 0 Å². The van der Waals surface area contributed by atoms with Crippen molar-refractivity contribution < 1.29 is 19.4 Å². The molecule has 1 saturated heterocycles. The largest absolute Gasteiger partial charge is 0.467 e. The molecule has 0 saturated carbocycles. The van der Waals surface area contributed by atoms with Gasteiger partial charge in [0.15, 0.2) is 0 Å². The van der Waals surface area contributed by atoms with Gasteiger partial charge in [-0.25, -0.2) is 4.79 Å². The number of β-amino-alcohol motifs (C(OH)–C–C–N with tert-alkyl or cyclic N) is 1. The number of carbonyl (C=O) groups is 2. The summed E-state index contributed by atoms with van der Waals surface area (Å²) in [5.74, 6) is -1.09. The number of ether oxygens (including phenoxy) is 1. The zero-order valence-corrected chi connectivity index (χ0v) is 10.9. The van der Waals surface area contributed by atoms with Crippen LogP contribution < -0.4 is 0 Å². The summed E-state index contributed by atoms with van der Waals surface area (Å²) >= 11 is 0. The second-order valence-corrected chi connectivity index (χ2v) is 4.72. The number of aliphatic hydroxyl groups excluding tert-OH is 1. The topological polar surface area (TPSA) is 66.8 Å². The van der Waals surface area contributed by atoms with Crippen molar-refractivity contribution in [2.45, 2.75) is 19.1 Å². The quantitative estimate of drug-likeness (QED) is 0.797. The molecule has 3 unspecified atom stereocenters. The predicted molar refractivity (Wildman–Crippen MR) is 68.5 cm³/mol. The van der Waals surface area contributed by atoms with E-state index in [4.69, 9.17) is 4.74 Å². The van der Waals surface area contributed by atoms with Gasteiger partial charge < -0.3 is 14.7 Å². The second-order valence-electron chi connectivity index (χ2n) is 4.72. The van der Waals surface area contributed by atoms with E-state index in [2.05, 4.69) is 0 Å². The monoisotopic (exact) mass is 263 g/mol. The number of benzene rings is 1. The molecule has 1 aromatic carbocycles. The van der Waals surface area contributed by atoms with Crippen LogP contribution in [-0.4, -0.2) is 47.7 Å². The minimum atomic E-state index is -0.729. The molecule has 1 N–H and O–H groups in total. The highest BCUT2D eigenvalue weighted by atomic mass is 16.5. The molecule has 1 aromatic rings. The Balaban J connectivity index is 2.27. The van der Waals surface area contributed by atoms with Gasteiger partial charge in [0.2, 0.25) is 0 Å². The Hall–Kier alpha value is -1.88. The molecular formula is C14H17NO4. The van der Waals surface area contributed by atoms with Crippen molar-refractivity contribution in [2.24, 2.45) is 5.92 Å². The van der Waals surface area contributed by atoms with E-state index in [0.29, 0.717) is 5.56 Å². The number of rotatable bonds is 2. The summed E-state index contributed by atoms with van der Waals surface area (Å²) in [4.78, 5) is 25.6. The lowest BCUT2D eigenvalue weighted by Crippen LogP contribution is -2.43. The van der Waals surface area contributed by atoms with E-state index in [0.717, 1.165) is 0 Å². The van der Waals surface area contributed by atoms with Gasteiger partial charge in [-0.1, -0.05) is 25.1 Å². The number of amides is 1. The molecule has 0 aliphatic carbocycles. The summed E-state index contributed by atoms with van der Waals surface area (Å²) in [6, 6.07) is 7.98. The van der Waals surface area contributed by atoms with Crippen molar-refractivity contribution >= 4 is 11.9 Å². The summed E-state index contributed by atoms with van der Waals surface area (Å²) in [6.45, 7) is 1.89. The zero-order chi connectivity index (χ0) is 14.0. The summed E-state index contributed by atoms with van der Waals surface area (Å²) < 4.78 is 4.73. The van der Waals surface area contributed by atoms with Gasteiger partial charge in [0.05, 0.1) is 13.2 Å². The maximum atomic E-state index is 12.4. The smallest absolute Gasteiger partial charge is 0.328 e. The molecule has 19 heavy (non-hydrogen) atoms. The number of aliphatic hydroxyl groups is 1. The maximum absolute atomic E-state index is 12.4. The predicted octanol–water partition coefficient (Wildman–Crippen LogP) is 0.681. The highest BCUT2D eigenvalue weighted by Gasteiger charge is 2.45. The minimum Gasteiger partial charge on any atom is -0.467 e. The third-order valence-corrected chi connectivity index (χ3v) is 3.55. The maximum Gasteiger partial charge on any atom is 0.328 e. The standard InChI is InChI=1S/C14H17NO4/c1-9-11(16)8-15(12(9)14(18)19-2)13(17)10-6-4-3-5-7-10/h3-7,9,11-12,16H,8H2,1-2H3. The molecule has 0 radical (unpaired) electrons. The fraction of sp³-hybridized carbons (Fsp3) is 0.429. The van der Waals surface area contributed by atoms with Crippen LogP contribution in [0.25, 0.3) is 0 Å². The van der Waals surface area contributed by atoms with Crippen molar-refractivity contribution in [1.29, 1.82) is 0 Å². The number of methoxy groups -OCH3 is 1. The number of esters is 1. The van der Waals surface area contributed by atoms with Gasteiger partial charge in [-0.3, -0.25) is 4.79 Å². The Kier molecular flexibility index (Phi) is 3.85. The Bertz CT molecular complexity index is 474. The van der Waals surface area contributed by atoms with Gasteiger partial charge in [-0.15, -0.1) is 0 Å². The third-order valence-electron chi connectivity index (χ3n) is 3.55. The van der Waals surface area contributed by atoms with Crippen molar-refractivity contribution in [1.82, 2.24) is 4.90 Å². The van der Waals surface area contributed by atoms with Gasteiger partial charge in [0.25, 0.3) is 5.91 Å². The Morgan fingerprint density at radius 3 is 2.53 bits per heavy atom. The van der Waals surface area contributed by atoms with Gasteiger partial charge in [-0.05, 0) is 12.1 Å². The van der Waals surface area contributed by atoms with Crippen molar-refractivity contribution in [3.63, 3.8) is 0 Å². The Labute approximate surface area is 111 Å². The van der Waals surface area contributed by atoms with Gasteiger partial charge in [-0.2, -0.15) is 0 Å². The minimum absolute atomic E-state index is 0.147. The van der Waals surface area contributed by atoms with Crippen LogP contribution in [0.5, 0.6) is 0 Å². The zero-order valence-electron chi connectivity index (χ0n) is 10.9. The van der Waals surface area contributed by atoms with E-state index in [1.807, 2.05) is 6.07 Å². The van der Waals surface area contributed by atoms with Crippen LogP contribution in [0.3, 0.4) is 0 Å². The SMILES string of the molecule is COC(=O)C1C(C)C(O)CN1C(=O)c1ccccc1. The molecule has 3 atom stereocenters. The van der Waals surface area contributed by atoms with E-state index in [1.165, 1.54) is 12.0 Å². The van der Waals surface area contributed by atoms with Crippen LogP contribution >= 0.6 is 0 Å². The first-order chi connectivity index (χ1) is 9.06. The molecule has 5 heteroatoms. The lowest BCUT2D eigenvalue weighted by atomic mass is 10.0. The normalized spacial score (nSPS) is 26.3. The highest BCUT2D eigenvalue weighted by Crippen LogP contribution is 2.27. The van der Waals surface area contributed by atoms with E-state index in [9.17, 15) is 14.7 Å². The molecular weight excluding hydrogens is 246 g/mol. The first-order valence-corrected chi connectivity index (χ1v) is 6.18. The van der Waals surface area contributed by atoms with Crippen LogP contribution in [0, 0.1) is 5.92 Å². The summed E-state index contributed by atoms with van der Waals surface area (Å²) in [5, 5.41) is 9.88. The molecule has 1 amide bonds. The van der Waals surface area contributed by atoms with Crippen molar-refractivity contribution in [3.8, 4) is 0 Å². The van der Waals surface area contributed by atoms with E-state index in [1.54, 1.807) is 31.2 Å². The average Bonchev–Trinajstić information content (AvgIpc) is 2.74. The fourth-order valence-corrected chi connectivity index (χ4v) is 2.39. The summed E-state index contributed by atoms with van der Waals surface area (Å²) in [7, 11) is 1.28. The van der Waals surface area contributed by atoms with E-state index >= 15 is 0 Å². The van der Waals surface area contributed by atoms with Gasteiger partial charge in [0.1, 0.15) is 6.04 Å². The fourth-order valence-electron chi connectivity index (χ4n) is 2.39. The number of hydrogen-bond donors (Lipinski definition) is 1. The second kappa shape index (κ2) is 5.40. The Morgan fingerprint density at radius 2 is 1.95 bits per heavy atom. The molecule has 1 aliphatic rings. The molecule has 1 aliphatic heterocycles. The number of nitrogens with zero attached hydrogens (tertiary/aromatic N) is 1. The summed E-state index contributed by atoms with van der Waals surface area (Å²) in [5.41, 5.74) is 0.498. The van der Waals surface area contributed by atoms with Crippen molar-refractivity contribution in [2.75, 3.05) is 13.7 Å². The van der Waals surface area contributed by atoms with Gasteiger partial charge in [0, 0.05) is 18.0 Å². The molecule has 2 rings (SSSR count). The van der Waals surface area contributed by atoms with Crippen LogP contribution in [0.1, 0.15) is 17.3 Å². The van der Waals surface area contributed by atoms with Crippen LogP contribution in [0.15, 0.2) is 30.3 Å². The number of carbonyl (C=O) groups excluding carboxylic acids is 2. The molecule has 1 fully saturated rings. The highest BCUT2D eigenvalue weighted by molar-refractivity contribution is 5.97. The molecule has 102 valence electrons. The average molecular weight is 263 g/mol. The van der Waals surface area contributed by atoms with Crippen LogP contribution in [0.2, 0.25) is 0 Å². The lowest BCUT2D eigenvalue weighted by Gasteiger charge is -2.24.